The highest BCUT2D eigenvalue weighted by atomic mass is 15.2. The molecule has 2 nitrogen and oxygen atoms in total. The predicted molar refractivity (Wildman–Crippen MR) is 89.4 cm³/mol. The Kier molecular flexibility index (Phi) is 4.97. The number of likely N-dealkylation sites (tertiary alicyclic amines) is 1. The van der Waals surface area contributed by atoms with Crippen LogP contribution in [-0.2, 0) is 0 Å². The summed E-state index contributed by atoms with van der Waals surface area (Å²) in [7, 11) is 4.51. The molecule has 0 spiro atoms. The summed E-state index contributed by atoms with van der Waals surface area (Å²) in [5.74, 6) is 0.786. The van der Waals surface area contributed by atoms with Crippen LogP contribution >= 0.6 is 0 Å². The smallest absolute Gasteiger partial charge is 0.0385 e. The van der Waals surface area contributed by atoms with E-state index >= 15 is 0 Å². The van der Waals surface area contributed by atoms with E-state index in [1.165, 1.54) is 57.2 Å². The minimum absolute atomic E-state index is 0.567. The maximum absolute atomic E-state index is 2.79. The third kappa shape index (κ3) is 3.32. The number of hydrogen-bond acceptors (Lipinski definition) is 2. The largest absolute Gasteiger partial charge is 0.302 e. The molecule has 0 amide bonds. The van der Waals surface area contributed by atoms with Gasteiger partial charge in [-0.25, -0.2) is 0 Å². The molecule has 1 aliphatic carbocycles. The first-order valence-corrected chi connectivity index (χ1v) is 8.73. The molecule has 0 N–H and O–H groups in total. The van der Waals surface area contributed by atoms with E-state index in [1.807, 2.05) is 0 Å². The van der Waals surface area contributed by atoms with Gasteiger partial charge in [0.2, 0.25) is 0 Å². The Hall–Kier alpha value is -0.860. The Morgan fingerprint density at radius 1 is 0.952 bits per heavy atom. The summed E-state index contributed by atoms with van der Waals surface area (Å²) in [6.45, 7) is 2.66. The second-order valence-corrected chi connectivity index (χ2v) is 7.08. The molecule has 1 heterocycles. The maximum atomic E-state index is 2.79. The predicted octanol–water partition coefficient (Wildman–Crippen LogP) is 3.94. The second-order valence-electron chi connectivity index (χ2n) is 7.08. The van der Waals surface area contributed by atoms with Crippen molar-refractivity contribution in [1.82, 2.24) is 9.80 Å². The highest BCUT2D eigenvalue weighted by molar-refractivity contribution is 5.20. The van der Waals surface area contributed by atoms with E-state index in [1.54, 1.807) is 0 Å². The third-order valence-electron chi connectivity index (χ3n) is 5.49. The van der Waals surface area contributed by atoms with Crippen LogP contribution in [0.3, 0.4) is 0 Å². The lowest BCUT2D eigenvalue weighted by Crippen LogP contribution is -2.45. The Balaban J connectivity index is 1.85. The van der Waals surface area contributed by atoms with Gasteiger partial charge in [-0.1, -0.05) is 43.2 Å². The van der Waals surface area contributed by atoms with Crippen LogP contribution in [-0.4, -0.2) is 43.0 Å². The monoisotopic (exact) mass is 286 g/mol. The third-order valence-corrected chi connectivity index (χ3v) is 5.49. The number of nitrogens with zero attached hydrogens (tertiary/aromatic N) is 2. The van der Waals surface area contributed by atoms with Crippen LogP contribution in [0.4, 0.5) is 0 Å². The van der Waals surface area contributed by atoms with Crippen LogP contribution < -0.4 is 0 Å². The van der Waals surface area contributed by atoms with Crippen LogP contribution in [0.15, 0.2) is 30.3 Å². The highest BCUT2D eigenvalue weighted by Crippen LogP contribution is 2.40. The summed E-state index contributed by atoms with van der Waals surface area (Å²) in [5.41, 5.74) is 1.50. The van der Waals surface area contributed by atoms with Crippen LogP contribution in [0.2, 0.25) is 0 Å². The van der Waals surface area contributed by atoms with E-state index in [2.05, 4.69) is 54.2 Å². The van der Waals surface area contributed by atoms with E-state index in [-0.39, 0.29) is 0 Å². The van der Waals surface area contributed by atoms with Crippen molar-refractivity contribution in [2.75, 3.05) is 27.2 Å². The molecule has 1 saturated carbocycles. The molecule has 2 fully saturated rings. The zero-order chi connectivity index (χ0) is 14.7. The number of hydrogen-bond donors (Lipinski definition) is 0. The van der Waals surface area contributed by atoms with Gasteiger partial charge in [-0.05, 0) is 64.3 Å². The molecule has 0 aromatic heterocycles. The van der Waals surface area contributed by atoms with Gasteiger partial charge in [-0.15, -0.1) is 0 Å². The van der Waals surface area contributed by atoms with E-state index in [0.29, 0.717) is 6.04 Å². The van der Waals surface area contributed by atoms with Crippen molar-refractivity contribution in [2.24, 2.45) is 5.92 Å². The zero-order valence-corrected chi connectivity index (χ0v) is 13.7. The molecule has 1 aromatic carbocycles. The summed E-state index contributed by atoms with van der Waals surface area (Å²) in [6, 6.07) is 12.5. The van der Waals surface area contributed by atoms with Crippen molar-refractivity contribution in [1.29, 1.82) is 0 Å². The molecule has 1 aromatic rings. The van der Waals surface area contributed by atoms with Gasteiger partial charge in [0, 0.05) is 12.1 Å². The van der Waals surface area contributed by atoms with Crippen molar-refractivity contribution in [3.8, 4) is 0 Å². The molecule has 21 heavy (non-hydrogen) atoms. The number of rotatable bonds is 4. The Bertz CT molecular complexity index is 422. The molecular formula is C19H30N2. The summed E-state index contributed by atoms with van der Waals surface area (Å²) in [5, 5.41) is 0. The molecule has 3 atom stereocenters. The zero-order valence-electron chi connectivity index (χ0n) is 13.7. The average Bonchev–Trinajstić information content (AvgIpc) is 3.03. The van der Waals surface area contributed by atoms with Gasteiger partial charge >= 0.3 is 0 Å². The number of benzene rings is 1. The molecule has 3 unspecified atom stereocenters. The Morgan fingerprint density at radius 3 is 2.29 bits per heavy atom. The van der Waals surface area contributed by atoms with Crippen molar-refractivity contribution in [3.63, 3.8) is 0 Å². The molecule has 2 heteroatoms. The van der Waals surface area contributed by atoms with Gasteiger partial charge in [0.25, 0.3) is 0 Å². The lowest BCUT2D eigenvalue weighted by Gasteiger charge is -2.44. The van der Waals surface area contributed by atoms with Gasteiger partial charge in [-0.3, -0.25) is 0 Å². The SMILES string of the molecule is CN(C)C(c1ccccc1)C1CCCCC1N1CCCC1. The van der Waals surface area contributed by atoms with Crippen molar-refractivity contribution in [3.05, 3.63) is 35.9 Å². The van der Waals surface area contributed by atoms with Crippen LogP contribution in [0, 0.1) is 5.92 Å². The lowest BCUT2D eigenvalue weighted by atomic mass is 9.76. The van der Waals surface area contributed by atoms with Crippen molar-refractivity contribution in [2.45, 2.75) is 50.6 Å². The van der Waals surface area contributed by atoms with Crippen LogP contribution in [0.1, 0.15) is 50.1 Å². The molecule has 1 saturated heterocycles. The first kappa shape index (κ1) is 15.1. The molecule has 3 rings (SSSR count). The van der Waals surface area contributed by atoms with Gasteiger partial charge in [0.1, 0.15) is 0 Å². The summed E-state index contributed by atoms with van der Waals surface area (Å²) >= 11 is 0. The van der Waals surface area contributed by atoms with Gasteiger partial charge in [0.15, 0.2) is 0 Å². The summed E-state index contributed by atoms with van der Waals surface area (Å²) in [6.07, 6.45) is 8.43. The first-order chi connectivity index (χ1) is 10.3. The molecular weight excluding hydrogens is 256 g/mol. The van der Waals surface area contributed by atoms with E-state index in [4.69, 9.17) is 0 Å². The first-order valence-electron chi connectivity index (χ1n) is 8.73. The molecule has 0 bridgehead atoms. The molecule has 2 aliphatic rings. The van der Waals surface area contributed by atoms with Crippen molar-refractivity contribution < 1.29 is 0 Å². The normalized spacial score (nSPS) is 28.9. The minimum atomic E-state index is 0.567. The topological polar surface area (TPSA) is 6.48 Å². The highest BCUT2D eigenvalue weighted by Gasteiger charge is 2.37. The molecule has 0 radical (unpaired) electrons. The standard InChI is InChI=1S/C19H30N2/c1-20(2)19(16-10-4-3-5-11-16)17-12-6-7-13-18(17)21-14-8-9-15-21/h3-5,10-11,17-19H,6-9,12-15H2,1-2H3. The molecule has 116 valence electrons. The summed E-state index contributed by atoms with van der Waals surface area (Å²) < 4.78 is 0. The van der Waals surface area contributed by atoms with E-state index in [9.17, 15) is 0 Å². The minimum Gasteiger partial charge on any atom is -0.302 e. The van der Waals surface area contributed by atoms with E-state index < -0.39 is 0 Å². The van der Waals surface area contributed by atoms with Gasteiger partial charge in [0.05, 0.1) is 0 Å². The Labute approximate surface area is 130 Å². The average molecular weight is 286 g/mol. The lowest BCUT2D eigenvalue weighted by molar-refractivity contribution is 0.0659. The molecule has 1 aliphatic heterocycles. The van der Waals surface area contributed by atoms with Crippen molar-refractivity contribution >= 4 is 0 Å². The second kappa shape index (κ2) is 6.93. The maximum Gasteiger partial charge on any atom is 0.0385 e. The quantitative estimate of drug-likeness (QED) is 0.827. The fourth-order valence-corrected chi connectivity index (χ4v) is 4.61. The van der Waals surface area contributed by atoms with Crippen LogP contribution in [0.25, 0.3) is 0 Å². The van der Waals surface area contributed by atoms with E-state index in [0.717, 1.165) is 12.0 Å². The Morgan fingerprint density at radius 2 is 1.62 bits per heavy atom. The summed E-state index contributed by atoms with van der Waals surface area (Å²) in [4.78, 5) is 5.25. The fraction of sp³-hybridized carbons (Fsp3) is 0.684. The van der Waals surface area contributed by atoms with Gasteiger partial charge in [-0.2, -0.15) is 0 Å². The fourth-order valence-electron chi connectivity index (χ4n) is 4.61. The van der Waals surface area contributed by atoms with Crippen LogP contribution in [0.5, 0.6) is 0 Å². The van der Waals surface area contributed by atoms with Gasteiger partial charge < -0.3 is 9.80 Å².